The summed E-state index contributed by atoms with van der Waals surface area (Å²) in [6.07, 6.45) is 0.722. The van der Waals surface area contributed by atoms with Gasteiger partial charge in [-0.2, -0.15) is 0 Å². The molecule has 2 fully saturated rings. The highest BCUT2D eigenvalue weighted by Crippen LogP contribution is 2.24. The quantitative estimate of drug-likeness (QED) is 0.837. The van der Waals surface area contributed by atoms with Gasteiger partial charge in [0, 0.05) is 32.2 Å². The maximum absolute atomic E-state index is 11.9. The molecule has 2 unspecified atom stereocenters. The number of rotatable bonds is 4. The molecule has 2 aliphatic heterocycles. The van der Waals surface area contributed by atoms with Crippen molar-refractivity contribution in [3.8, 4) is 0 Å². The summed E-state index contributed by atoms with van der Waals surface area (Å²) in [6.45, 7) is 2.99. The summed E-state index contributed by atoms with van der Waals surface area (Å²) >= 11 is 0. The van der Waals surface area contributed by atoms with Crippen molar-refractivity contribution in [2.24, 2.45) is 5.73 Å². The molecule has 0 saturated carbocycles. The van der Waals surface area contributed by atoms with Crippen molar-refractivity contribution in [1.82, 2.24) is 9.80 Å². The lowest BCUT2D eigenvalue weighted by Crippen LogP contribution is -2.53. The van der Waals surface area contributed by atoms with Crippen LogP contribution in [0.15, 0.2) is 30.3 Å². The Morgan fingerprint density at radius 1 is 1.13 bits per heavy atom. The third kappa shape index (κ3) is 3.73. The van der Waals surface area contributed by atoms with Gasteiger partial charge in [0.2, 0.25) is 5.91 Å². The predicted molar refractivity (Wildman–Crippen MR) is 88.6 cm³/mol. The standard InChI is InChI=1S/C16H23N3O3S/c17-16(20)15(13-4-2-1-3-5-13)19-9-7-18(8-10-19)14-6-11-23(21,22)12-14/h1-5,14-15H,6-12H2,(H2,17,20). The molecule has 1 aromatic carbocycles. The number of piperazine rings is 1. The normalized spacial score (nSPS) is 26.9. The lowest BCUT2D eigenvalue weighted by molar-refractivity contribution is -0.124. The van der Waals surface area contributed by atoms with E-state index in [1.54, 1.807) is 0 Å². The fourth-order valence-electron chi connectivity index (χ4n) is 3.61. The predicted octanol–water partition coefficient (Wildman–Crippen LogP) is 0.0177. The zero-order valence-electron chi connectivity index (χ0n) is 13.1. The van der Waals surface area contributed by atoms with Crippen molar-refractivity contribution >= 4 is 15.7 Å². The van der Waals surface area contributed by atoms with Crippen molar-refractivity contribution in [3.05, 3.63) is 35.9 Å². The van der Waals surface area contributed by atoms with Crippen LogP contribution in [0.2, 0.25) is 0 Å². The minimum Gasteiger partial charge on any atom is -0.368 e. The van der Waals surface area contributed by atoms with Crippen LogP contribution in [0.1, 0.15) is 18.0 Å². The molecule has 0 aromatic heterocycles. The lowest BCUT2D eigenvalue weighted by atomic mass is 10.0. The Bertz CT molecular complexity index is 654. The second-order valence-electron chi connectivity index (χ2n) is 6.34. The molecular formula is C16H23N3O3S. The Morgan fingerprint density at radius 2 is 1.78 bits per heavy atom. The van der Waals surface area contributed by atoms with Crippen LogP contribution in [0.25, 0.3) is 0 Å². The van der Waals surface area contributed by atoms with Crippen LogP contribution in [0.4, 0.5) is 0 Å². The van der Waals surface area contributed by atoms with Gasteiger partial charge >= 0.3 is 0 Å². The topological polar surface area (TPSA) is 83.7 Å². The SMILES string of the molecule is NC(=O)C(c1ccccc1)N1CCN(C2CCS(=O)(=O)C2)CC1. The summed E-state index contributed by atoms with van der Waals surface area (Å²) in [6, 6.07) is 9.29. The minimum atomic E-state index is -2.86. The molecule has 126 valence electrons. The fraction of sp³-hybridized carbons (Fsp3) is 0.562. The van der Waals surface area contributed by atoms with Crippen molar-refractivity contribution in [1.29, 1.82) is 0 Å². The molecule has 3 rings (SSSR count). The van der Waals surface area contributed by atoms with Gasteiger partial charge < -0.3 is 5.73 Å². The molecule has 23 heavy (non-hydrogen) atoms. The number of amides is 1. The lowest BCUT2D eigenvalue weighted by Gasteiger charge is -2.40. The molecule has 1 aromatic rings. The molecule has 2 heterocycles. The highest BCUT2D eigenvalue weighted by atomic mass is 32.2. The van der Waals surface area contributed by atoms with E-state index in [1.165, 1.54) is 0 Å². The average Bonchev–Trinajstić information content (AvgIpc) is 2.89. The molecule has 2 saturated heterocycles. The summed E-state index contributed by atoms with van der Waals surface area (Å²) in [5.74, 6) is 0.226. The van der Waals surface area contributed by atoms with Gasteiger partial charge in [-0.25, -0.2) is 8.42 Å². The molecule has 0 radical (unpaired) electrons. The Kier molecular flexibility index (Phi) is 4.70. The molecule has 0 spiro atoms. The van der Waals surface area contributed by atoms with E-state index in [-0.39, 0.29) is 17.7 Å². The van der Waals surface area contributed by atoms with E-state index in [4.69, 9.17) is 5.73 Å². The summed E-state index contributed by atoms with van der Waals surface area (Å²) in [5.41, 5.74) is 6.53. The maximum atomic E-state index is 11.9. The number of primary amides is 1. The molecule has 6 nitrogen and oxygen atoms in total. The van der Waals surface area contributed by atoms with Crippen LogP contribution in [0, 0.1) is 0 Å². The summed E-state index contributed by atoms with van der Waals surface area (Å²) in [5, 5.41) is 0. The molecule has 7 heteroatoms. The Labute approximate surface area is 137 Å². The molecule has 2 atom stereocenters. The molecule has 2 aliphatic rings. The molecule has 1 amide bonds. The Morgan fingerprint density at radius 3 is 2.30 bits per heavy atom. The van der Waals surface area contributed by atoms with Gasteiger partial charge in [-0.1, -0.05) is 30.3 Å². The number of benzene rings is 1. The van der Waals surface area contributed by atoms with Gasteiger partial charge in [-0.3, -0.25) is 14.6 Å². The van der Waals surface area contributed by atoms with Gasteiger partial charge in [-0.15, -0.1) is 0 Å². The van der Waals surface area contributed by atoms with E-state index in [9.17, 15) is 13.2 Å². The molecule has 2 N–H and O–H groups in total. The van der Waals surface area contributed by atoms with Crippen molar-refractivity contribution in [2.75, 3.05) is 37.7 Å². The van der Waals surface area contributed by atoms with E-state index in [1.807, 2.05) is 30.3 Å². The number of carbonyl (C=O) groups excluding carboxylic acids is 1. The summed E-state index contributed by atoms with van der Waals surface area (Å²) in [7, 11) is -2.86. The maximum Gasteiger partial charge on any atom is 0.239 e. The van der Waals surface area contributed by atoms with Gasteiger partial charge in [0.25, 0.3) is 0 Å². The van der Waals surface area contributed by atoms with Crippen molar-refractivity contribution < 1.29 is 13.2 Å². The van der Waals surface area contributed by atoms with Crippen molar-refractivity contribution in [2.45, 2.75) is 18.5 Å². The number of hydrogen-bond donors (Lipinski definition) is 1. The van der Waals surface area contributed by atoms with Crippen LogP contribution in [0.3, 0.4) is 0 Å². The van der Waals surface area contributed by atoms with E-state index in [0.29, 0.717) is 5.75 Å². The third-order valence-electron chi connectivity index (χ3n) is 4.82. The molecule has 0 aliphatic carbocycles. The smallest absolute Gasteiger partial charge is 0.239 e. The molecular weight excluding hydrogens is 314 g/mol. The van der Waals surface area contributed by atoms with Gasteiger partial charge in [-0.05, 0) is 12.0 Å². The monoisotopic (exact) mass is 337 g/mol. The second-order valence-corrected chi connectivity index (χ2v) is 8.57. The summed E-state index contributed by atoms with van der Waals surface area (Å²) < 4.78 is 23.3. The van der Waals surface area contributed by atoms with Gasteiger partial charge in [0.15, 0.2) is 9.84 Å². The highest BCUT2D eigenvalue weighted by molar-refractivity contribution is 7.91. The van der Waals surface area contributed by atoms with Crippen LogP contribution in [-0.4, -0.2) is 67.9 Å². The number of carbonyl (C=O) groups is 1. The first-order valence-electron chi connectivity index (χ1n) is 7.99. The average molecular weight is 337 g/mol. The first kappa shape index (κ1) is 16.4. The van der Waals surface area contributed by atoms with E-state index in [0.717, 1.165) is 38.2 Å². The van der Waals surface area contributed by atoms with E-state index >= 15 is 0 Å². The number of sulfone groups is 1. The van der Waals surface area contributed by atoms with E-state index in [2.05, 4.69) is 9.80 Å². The van der Waals surface area contributed by atoms with Crippen molar-refractivity contribution in [3.63, 3.8) is 0 Å². The fourth-order valence-corrected chi connectivity index (χ4v) is 5.38. The highest BCUT2D eigenvalue weighted by Gasteiger charge is 2.35. The van der Waals surface area contributed by atoms with Crippen LogP contribution in [-0.2, 0) is 14.6 Å². The van der Waals surface area contributed by atoms with Crippen LogP contribution in [0.5, 0.6) is 0 Å². The zero-order valence-corrected chi connectivity index (χ0v) is 13.9. The number of nitrogens with two attached hydrogens (primary N) is 1. The first-order valence-corrected chi connectivity index (χ1v) is 9.81. The number of hydrogen-bond acceptors (Lipinski definition) is 5. The summed E-state index contributed by atoms with van der Waals surface area (Å²) in [4.78, 5) is 16.2. The first-order chi connectivity index (χ1) is 11.0. The minimum absolute atomic E-state index is 0.130. The van der Waals surface area contributed by atoms with Gasteiger partial charge in [0.05, 0.1) is 11.5 Å². The number of nitrogens with zero attached hydrogens (tertiary/aromatic N) is 2. The van der Waals surface area contributed by atoms with E-state index < -0.39 is 15.9 Å². The Balaban J connectivity index is 1.64. The second kappa shape index (κ2) is 6.59. The third-order valence-corrected chi connectivity index (χ3v) is 6.57. The molecule has 0 bridgehead atoms. The zero-order chi connectivity index (χ0) is 16.4. The van der Waals surface area contributed by atoms with Crippen LogP contribution >= 0.6 is 0 Å². The van der Waals surface area contributed by atoms with Gasteiger partial charge in [0.1, 0.15) is 6.04 Å². The van der Waals surface area contributed by atoms with Crippen LogP contribution < -0.4 is 5.73 Å². The largest absolute Gasteiger partial charge is 0.368 e. The Hall–Kier alpha value is -1.44.